The van der Waals surface area contributed by atoms with Crippen molar-refractivity contribution in [1.29, 1.82) is 0 Å². The summed E-state index contributed by atoms with van der Waals surface area (Å²) in [5.74, 6) is 2.50. The van der Waals surface area contributed by atoms with Crippen LogP contribution in [0.2, 0.25) is 0 Å². The fourth-order valence-electron chi connectivity index (χ4n) is 2.87. The molecule has 0 unspecified atom stereocenters. The summed E-state index contributed by atoms with van der Waals surface area (Å²) in [6.07, 6.45) is 3.75. The van der Waals surface area contributed by atoms with Crippen LogP contribution in [0.4, 0.5) is 5.82 Å². The summed E-state index contributed by atoms with van der Waals surface area (Å²) in [5, 5.41) is 10.7. The minimum Gasteiger partial charge on any atom is -0.454 e. The monoisotopic (exact) mass is 351 g/mol. The summed E-state index contributed by atoms with van der Waals surface area (Å²) in [6, 6.07) is 10.0. The number of rotatable bonds is 6. The summed E-state index contributed by atoms with van der Waals surface area (Å²) in [4.78, 5) is 6.42. The molecule has 3 heterocycles. The van der Waals surface area contributed by atoms with E-state index in [-0.39, 0.29) is 6.79 Å². The van der Waals surface area contributed by atoms with Gasteiger partial charge in [0.05, 0.1) is 11.9 Å². The normalized spacial score (nSPS) is 12.4. The topological polar surface area (TPSA) is 75.3 Å². The van der Waals surface area contributed by atoms with Crippen molar-refractivity contribution in [3.63, 3.8) is 0 Å². The van der Waals surface area contributed by atoms with Gasteiger partial charge in [-0.3, -0.25) is 5.10 Å². The Labute approximate surface area is 152 Å². The zero-order valence-electron chi connectivity index (χ0n) is 14.8. The lowest BCUT2D eigenvalue weighted by Crippen LogP contribution is -2.14. The molecule has 0 fully saturated rings. The number of aromatic nitrogens is 3. The van der Waals surface area contributed by atoms with Gasteiger partial charge in [-0.15, -0.1) is 0 Å². The highest BCUT2D eigenvalue weighted by molar-refractivity contribution is 5.66. The van der Waals surface area contributed by atoms with E-state index in [0.717, 1.165) is 46.2 Å². The number of nitrogens with one attached hydrogen (secondary N) is 2. The van der Waals surface area contributed by atoms with Gasteiger partial charge in [0.1, 0.15) is 5.82 Å². The molecular formula is C19H21N5O2. The van der Waals surface area contributed by atoms with Crippen LogP contribution in [0.15, 0.2) is 42.7 Å². The molecular weight excluding hydrogens is 330 g/mol. The van der Waals surface area contributed by atoms with Crippen LogP contribution in [-0.4, -0.2) is 36.1 Å². The highest BCUT2D eigenvalue weighted by Gasteiger charge is 2.16. The molecule has 0 radical (unpaired) electrons. The molecule has 7 nitrogen and oxygen atoms in total. The number of aromatic amines is 1. The minimum atomic E-state index is 0.275. The first-order valence-corrected chi connectivity index (χ1v) is 8.46. The first-order valence-electron chi connectivity index (χ1n) is 8.46. The van der Waals surface area contributed by atoms with Crippen molar-refractivity contribution < 1.29 is 9.47 Å². The third kappa shape index (κ3) is 3.34. The molecule has 0 bridgehead atoms. The van der Waals surface area contributed by atoms with Gasteiger partial charge in [0.15, 0.2) is 11.5 Å². The molecule has 1 aliphatic rings. The molecule has 0 spiro atoms. The van der Waals surface area contributed by atoms with Crippen molar-refractivity contribution in [3.05, 3.63) is 53.9 Å². The van der Waals surface area contributed by atoms with Gasteiger partial charge in [-0.1, -0.05) is 6.07 Å². The molecule has 1 aromatic carbocycles. The summed E-state index contributed by atoms with van der Waals surface area (Å²) < 4.78 is 10.8. The molecule has 1 aliphatic heterocycles. The van der Waals surface area contributed by atoms with Gasteiger partial charge in [-0.25, -0.2) is 4.98 Å². The predicted octanol–water partition coefficient (Wildman–Crippen LogP) is 2.56. The van der Waals surface area contributed by atoms with Crippen molar-refractivity contribution in [3.8, 4) is 22.8 Å². The van der Waals surface area contributed by atoms with Gasteiger partial charge in [-0.05, 0) is 29.8 Å². The number of H-pyrrole nitrogens is 1. The number of hydrogen-bond acceptors (Lipinski definition) is 6. The standard InChI is InChI=1S/C19H21N5O2/c1-24(2)18-6-3-13(9-21-18)8-20-10-15-11-22-23-19(15)14-4-5-16-17(7-14)26-12-25-16/h3-7,9,11,20H,8,10,12H2,1-2H3,(H,22,23). The second kappa shape index (κ2) is 7.05. The first-order chi connectivity index (χ1) is 12.7. The fraction of sp³-hybridized carbons (Fsp3) is 0.263. The van der Waals surface area contributed by atoms with E-state index < -0.39 is 0 Å². The number of ether oxygens (including phenoxy) is 2. The maximum atomic E-state index is 5.46. The van der Waals surface area contributed by atoms with Gasteiger partial charge >= 0.3 is 0 Å². The quantitative estimate of drug-likeness (QED) is 0.711. The molecule has 0 saturated carbocycles. The number of pyridine rings is 1. The van der Waals surface area contributed by atoms with Crippen LogP contribution < -0.4 is 19.7 Å². The van der Waals surface area contributed by atoms with Crippen molar-refractivity contribution in [2.24, 2.45) is 0 Å². The van der Waals surface area contributed by atoms with Gasteiger partial charge < -0.3 is 19.7 Å². The van der Waals surface area contributed by atoms with Crippen LogP contribution in [0, 0.1) is 0 Å². The van der Waals surface area contributed by atoms with E-state index >= 15 is 0 Å². The second-order valence-corrected chi connectivity index (χ2v) is 6.36. The highest BCUT2D eigenvalue weighted by Crippen LogP contribution is 2.36. The van der Waals surface area contributed by atoms with Crippen molar-refractivity contribution in [2.75, 3.05) is 25.8 Å². The van der Waals surface area contributed by atoms with Crippen LogP contribution in [0.25, 0.3) is 11.3 Å². The molecule has 134 valence electrons. The van der Waals surface area contributed by atoms with Crippen molar-refractivity contribution >= 4 is 5.82 Å². The van der Waals surface area contributed by atoms with E-state index in [0.29, 0.717) is 6.54 Å². The summed E-state index contributed by atoms with van der Waals surface area (Å²) >= 11 is 0. The van der Waals surface area contributed by atoms with Gasteiger partial charge in [0.2, 0.25) is 6.79 Å². The largest absolute Gasteiger partial charge is 0.454 e. The van der Waals surface area contributed by atoms with Crippen molar-refractivity contribution in [1.82, 2.24) is 20.5 Å². The molecule has 4 rings (SSSR count). The molecule has 3 aromatic rings. The number of anilines is 1. The van der Waals surface area contributed by atoms with Gasteiger partial charge in [0, 0.05) is 44.5 Å². The van der Waals surface area contributed by atoms with E-state index in [1.807, 2.05) is 55.7 Å². The van der Waals surface area contributed by atoms with Crippen molar-refractivity contribution in [2.45, 2.75) is 13.1 Å². The Morgan fingerprint density at radius 2 is 1.96 bits per heavy atom. The Bertz CT molecular complexity index is 889. The highest BCUT2D eigenvalue weighted by atomic mass is 16.7. The Hall–Kier alpha value is -3.06. The fourth-order valence-corrected chi connectivity index (χ4v) is 2.87. The smallest absolute Gasteiger partial charge is 0.231 e. The molecule has 0 saturated heterocycles. The Morgan fingerprint density at radius 1 is 1.08 bits per heavy atom. The van der Waals surface area contributed by atoms with Crippen LogP contribution >= 0.6 is 0 Å². The Balaban J connectivity index is 1.41. The average Bonchev–Trinajstić information content (AvgIpc) is 3.30. The Morgan fingerprint density at radius 3 is 2.77 bits per heavy atom. The van der Waals surface area contributed by atoms with Crippen LogP contribution in [0.3, 0.4) is 0 Å². The predicted molar refractivity (Wildman–Crippen MR) is 99.3 cm³/mol. The van der Waals surface area contributed by atoms with E-state index in [1.165, 1.54) is 0 Å². The van der Waals surface area contributed by atoms with Crippen LogP contribution in [0.1, 0.15) is 11.1 Å². The third-order valence-corrected chi connectivity index (χ3v) is 4.29. The lowest BCUT2D eigenvalue weighted by Gasteiger charge is -2.11. The summed E-state index contributed by atoms with van der Waals surface area (Å²) in [6.45, 7) is 1.72. The molecule has 0 amide bonds. The number of benzene rings is 1. The van der Waals surface area contributed by atoms with Crippen LogP contribution in [0.5, 0.6) is 11.5 Å². The first kappa shape index (κ1) is 16.4. The second-order valence-electron chi connectivity index (χ2n) is 6.36. The Kier molecular flexibility index (Phi) is 4.45. The molecule has 7 heteroatoms. The van der Waals surface area contributed by atoms with E-state index in [2.05, 4.69) is 26.6 Å². The minimum absolute atomic E-state index is 0.275. The lowest BCUT2D eigenvalue weighted by molar-refractivity contribution is 0.174. The summed E-state index contributed by atoms with van der Waals surface area (Å²) in [7, 11) is 3.97. The maximum absolute atomic E-state index is 5.46. The van der Waals surface area contributed by atoms with E-state index in [1.54, 1.807) is 0 Å². The molecule has 0 atom stereocenters. The zero-order valence-corrected chi connectivity index (χ0v) is 14.8. The van der Waals surface area contributed by atoms with Gasteiger partial charge in [-0.2, -0.15) is 5.10 Å². The SMILES string of the molecule is CN(C)c1ccc(CNCc2cn[nH]c2-c2ccc3c(c2)OCO3)cn1. The molecule has 2 aromatic heterocycles. The van der Waals surface area contributed by atoms with Gasteiger partial charge in [0.25, 0.3) is 0 Å². The lowest BCUT2D eigenvalue weighted by atomic mass is 10.1. The zero-order chi connectivity index (χ0) is 17.9. The van der Waals surface area contributed by atoms with Crippen LogP contribution in [-0.2, 0) is 13.1 Å². The summed E-state index contributed by atoms with van der Waals surface area (Å²) in [5.41, 5.74) is 4.25. The molecule has 2 N–H and O–H groups in total. The molecule has 0 aliphatic carbocycles. The van der Waals surface area contributed by atoms with E-state index in [9.17, 15) is 0 Å². The number of nitrogens with zero attached hydrogens (tertiary/aromatic N) is 3. The third-order valence-electron chi connectivity index (χ3n) is 4.29. The maximum Gasteiger partial charge on any atom is 0.231 e. The van der Waals surface area contributed by atoms with E-state index in [4.69, 9.17) is 9.47 Å². The average molecular weight is 351 g/mol. The molecule has 26 heavy (non-hydrogen) atoms. The number of hydrogen-bond donors (Lipinski definition) is 2. The number of fused-ring (bicyclic) bond motifs is 1.